The molecule has 1 atom stereocenters. The topological polar surface area (TPSA) is 77.1 Å². The Kier molecular flexibility index (Phi) is 4.95. The summed E-state index contributed by atoms with van der Waals surface area (Å²) < 4.78 is 35.9. The van der Waals surface area contributed by atoms with Crippen molar-refractivity contribution in [3.05, 3.63) is 57.5 Å². The van der Waals surface area contributed by atoms with Crippen molar-refractivity contribution in [1.82, 2.24) is 14.5 Å². The number of sulfonamides is 1. The maximum atomic E-state index is 12.5. The van der Waals surface area contributed by atoms with Gasteiger partial charge < -0.3 is 4.42 Å². The molecule has 0 aliphatic rings. The van der Waals surface area contributed by atoms with Crippen LogP contribution in [0.2, 0.25) is 0 Å². The van der Waals surface area contributed by atoms with Crippen LogP contribution in [0.25, 0.3) is 0 Å². The van der Waals surface area contributed by atoms with E-state index in [1.165, 1.54) is 11.3 Å². The second-order valence-electron chi connectivity index (χ2n) is 5.31. The van der Waals surface area contributed by atoms with Gasteiger partial charge in [-0.3, -0.25) is 4.68 Å². The van der Waals surface area contributed by atoms with Crippen molar-refractivity contribution in [2.24, 2.45) is 0 Å². The van der Waals surface area contributed by atoms with E-state index in [1.807, 2.05) is 26.0 Å². The number of halogens is 1. The van der Waals surface area contributed by atoms with E-state index in [1.54, 1.807) is 29.1 Å². The summed E-state index contributed by atoms with van der Waals surface area (Å²) in [6, 6.07) is 8.47. The highest BCUT2D eigenvalue weighted by Crippen LogP contribution is 2.26. The first-order valence-electron chi connectivity index (χ1n) is 7.18. The highest BCUT2D eigenvalue weighted by atomic mass is 79.9. The van der Waals surface area contributed by atoms with Crippen LogP contribution in [0.4, 0.5) is 0 Å². The third-order valence-electron chi connectivity index (χ3n) is 3.49. The van der Waals surface area contributed by atoms with Crippen LogP contribution in [0.15, 0.2) is 49.0 Å². The van der Waals surface area contributed by atoms with E-state index in [4.69, 9.17) is 4.42 Å². The molecule has 3 heterocycles. The molecule has 0 radical (unpaired) electrons. The van der Waals surface area contributed by atoms with Crippen LogP contribution in [0, 0.1) is 13.8 Å². The smallest absolute Gasteiger partial charge is 0.250 e. The predicted molar refractivity (Wildman–Crippen MR) is 95.8 cm³/mol. The molecule has 0 saturated heterocycles. The van der Waals surface area contributed by atoms with Crippen molar-refractivity contribution in [2.45, 2.75) is 24.1 Å². The number of aromatic nitrogens is 2. The first kappa shape index (κ1) is 17.4. The Labute approximate surface area is 152 Å². The molecule has 0 amide bonds. The molecule has 3 aromatic heterocycles. The third kappa shape index (κ3) is 3.64. The lowest BCUT2D eigenvalue weighted by molar-refractivity contribution is 0.397. The van der Waals surface area contributed by atoms with Crippen molar-refractivity contribution >= 4 is 37.3 Å². The summed E-state index contributed by atoms with van der Waals surface area (Å²) in [6.45, 7) is 3.98. The van der Waals surface area contributed by atoms with E-state index in [-0.39, 0.29) is 16.8 Å². The number of nitrogens with one attached hydrogen (secondary N) is 1. The van der Waals surface area contributed by atoms with Gasteiger partial charge in [0, 0.05) is 12.2 Å². The SMILES string of the molecule is Cc1cc(C)n(C(CNS(=O)(=O)c2ccc(Br)s2)c2ccco2)n1. The van der Waals surface area contributed by atoms with Crippen molar-refractivity contribution in [3.8, 4) is 0 Å². The molecule has 1 unspecified atom stereocenters. The van der Waals surface area contributed by atoms with Crippen LogP contribution in [0.1, 0.15) is 23.2 Å². The fourth-order valence-corrected chi connectivity index (χ4v) is 5.54. The lowest BCUT2D eigenvalue weighted by Gasteiger charge is -2.17. The van der Waals surface area contributed by atoms with Crippen LogP contribution < -0.4 is 4.72 Å². The quantitative estimate of drug-likeness (QED) is 0.650. The first-order valence-corrected chi connectivity index (χ1v) is 10.3. The van der Waals surface area contributed by atoms with Gasteiger partial charge in [-0.15, -0.1) is 11.3 Å². The molecule has 24 heavy (non-hydrogen) atoms. The average molecular weight is 430 g/mol. The van der Waals surface area contributed by atoms with Gasteiger partial charge in [0.2, 0.25) is 10.0 Å². The highest BCUT2D eigenvalue weighted by molar-refractivity contribution is 9.11. The summed E-state index contributed by atoms with van der Waals surface area (Å²) in [5.41, 5.74) is 1.81. The molecule has 3 rings (SSSR count). The molecular weight excluding hydrogens is 414 g/mol. The molecule has 0 aliphatic heterocycles. The highest BCUT2D eigenvalue weighted by Gasteiger charge is 2.24. The number of furan rings is 1. The maximum absolute atomic E-state index is 12.5. The molecule has 9 heteroatoms. The zero-order chi connectivity index (χ0) is 17.3. The number of thiophene rings is 1. The van der Waals surface area contributed by atoms with Gasteiger partial charge in [0.05, 0.1) is 15.7 Å². The molecule has 0 fully saturated rings. The number of hydrogen-bond acceptors (Lipinski definition) is 5. The first-order chi connectivity index (χ1) is 11.4. The lowest BCUT2D eigenvalue weighted by atomic mass is 10.2. The van der Waals surface area contributed by atoms with Crippen LogP contribution in [-0.4, -0.2) is 24.7 Å². The summed E-state index contributed by atoms with van der Waals surface area (Å²) in [5, 5.41) is 4.46. The fourth-order valence-electron chi connectivity index (χ4n) is 2.45. The summed E-state index contributed by atoms with van der Waals surface area (Å²) in [5.74, 6) is 0.649. The third-order valence-corrected chi connectivity index (χ3v) is 7.03. The second kappa shape index (κ2) is 6.83. The van der Waals surface area contributed by atoms with Crippen molar-refractivity contribution < 1.29 is 12.8 Å². The minimum atomic E-state index is -3.58. The van der Waals surface area contributed by atoms with Gasteiger partial charge in [0.1, 0.15) is 16.0 Å². The Balaban J connectivity index is 1.87. The fraction of sp³-hybridized carbons (Fsp3) is 0.267. The Morgan fingerprint density at radius 3 is 2.71 bits per heavy atom. The van der Waals surface area contributed by atoms with E-state index in [0.717, 1.165) is 15.2 Å². The zero-order valence-corrected chi connectivity index (χ0v) is 16.3. The normalized spacial score (nSPS) is 13.3. The summed E-state index contributed by atoms with van der Waals surface area (Å²) in [6.07, 6.45) is 1.57. The van der Waals surface area contributed by atoms with E-state index in [9.17, 15) is 8.42 Å². The predicted octanol–water partition coefficient (Wildman–Crippen LogP) is 3.48. The number of aryl methyl sites for hydroxylation is 2. The molecule has 0 spiro atoms. The largest absolute Gasteiger partial charge is 0.467 e. The second-order valence-corrected chi connectivity index (χ2v) is 9.77. The van der Waals surface area contributed by atoms with Gasteiger partial charge in [-0.05, 0) is 60.1 Å². The van der Waals surface area contributed by atoms with E-state index in [2.05, 4.69) is 25.8 Å². The molecule has 0 bridgehead atoms. The minimum Gasteiger partial charge on any atom is -0.467 e. The van der Waals surface area contributed by atoms with Crippen molar-refractivity contribution in [2.75, 3.05) is 6.54 Å². The molecule has 3 aromatic rings. The molecule has 0 aromatic carbocycles. The summed E-state index contributed by atoms with van der Waals surface area (Å²) in [7, 11) is -3.58. The summed E-state index contributed by atoms with van der Waals surface area (Å²) in [4.78, 5) is 0. The monoisotopic (exact) mass is 429 g/mol. The molecule has 0 aliphatic carbocycles. The Bertz CT molecular complexity index is 929. The molecule has 128 valence electrons. The number of nitrogens with zero attached hydrogens (tertiary/aromatic N) is 2. The number of hydrogen-bond donors (Lipinski definition) is 1. The Hall–Kier alpha value is -1.42. The van der Waals surface area contributed by atoms with Gasteiger partial charge >= 0.3 is 0 Å². The van der Waals surface area contributed by atoms with Crippen LogP contribution in [0.3, 0.4) is 0 Å². The van der Waals surface area contributed by atoms with Crippen molar-refractivity contribution in [1.29, 1.82) is 0 Å². The van der Waals surface area contributed by atoms with Crippen LogP contribution in [-0.2, 0) is 10.0 Å². The molecule has 0 saturated carbocycles. The molecular formula is C15H16BrN3O3S2. The summed E-state index contributed by atoms with van der Waals surface area (Å²) >= 11 is 4.45. The van der Waals surface area contributed by atoms with Crippen LogP contribution in [0.5, 0.6) is 0 Å². The Morgan fingerprint density at radius 1 is 1.38 bits per heavy atom. The zero-order valence-electron chi connectivity index (χ0n) is 13.1. The molecule has 1 N–H and O–H groups in total. The van der Waals surface area contributed by atoms with E-state index >= 15 is 0 Å². The Morgan fingerprint density at radius 2 is 2.17 bits per heavy atom. The molecule has 6 nitrogen and oxygen atoms in total. The average Bonchev–Trinajstić information content (AvgIpc) is 3.22. The van der Waals surface area contributed by atoms with Crippen molar-refractivity contribution in [3.63, 3.8) is 0 Å². The van der Waals surface area contributed by atoms with Gasteiger partial charge in [0.25, 0.3) is 0 Å². The van der Waals surface area contributed by atoms with Gasteiger partial charge in [-0.1, -0.05) is 0 Å². The van der Waals surface area contributed by atoms with E-state index in [0.29, 0.717) is 5.76 Å². The van der Waals surface area contributed by atoms with Gasteiger partial charge in [0.15, 0.2) is 0 Å². The number of rotatable bonds is 6. The van der Waals surface area contributed by atoms with Crippen LogP contribution >= 0.6 is 27.3 Å². The lowest BCUT2D eigenvalue weighted by Crippen LogP contribution is -2.31. The maximum Gasteiger partial charge on any atom is 0.250 e. The van der Waals surface area contributed by atoms with E-state index < -0.39 is 10.0 Å². The minimum absolute atomic E-state index is 0.146. The van der Waals surface area contributed by atoms with Gasteiger partial charge in [-0.25, -0.2) is 13.1 Å². The van der Waals surface area contributed by atoms with Gasteiger partial charge in [-0.2, -0.15) is 5.10 Å². The standard InChI is InChI=1S/C15H16BrN3O3S2/c1-10-8-11(2)19(18-10)12(13-4-3-7-22-13)9-17-24(20,21)15-6-5-14(16)23-15/h3-8,12,17H,9H2,1-2H3.